The van der Waals surface area contributed by atoms with Gasteiger partial charge in [0.2, 0.25) is 0 Å². The summed E-state index contributed by atoms with van der Waals surface area (Å²) < 4.78 is 14.8. The van der Waals surface area contributed by atoms with E-state index in [1.807, 2.05) is 0 Å². The Labute approximate surface area is 97.9 Å². The van der Waals surface area contributed by atoms with Crippen LogP contribution < -0.4 is 5.73 Å². The Kier molecular flexibility index (Phi) is 2.67. The number of halogens is 1. The molecule has 2 rings (SSSR count). The second-order valence-electron chi connectivity index (χ2n) is 3.88. The van der Waals surface area contributed by atoms with Crippen LogP contribution in [0.4, 0.5) is 10.2 Å². The van der Waals surface area contributed by atoms with Gasteiger partial charge < -0.3 is 5.73 Å². The van der Waals surface area contributed by atoms with E-state index >= 15 is 0 Å². The number of aldehydes is 1. The molecule has 0 amide bonds. The summed E-state index contributed by atoms with van der Waals surface area (Å²) in [4.78, 5) is 10.9. The lowest BCUT2D eigenvalue weighted by Crippen LogP contribution is -1.97. The lowest BCUT2D eigenvalue weighted by molar-refractivity contribution is 0.112. The van der Waals surface area contributed by atoms with Crippen molar-refractivity contribution in [2.24, 2.45) is 7.05 Å². The molecule has 0 unspecified atom stereocenters. The highest BCUT2D eigenvalue weighted by atomic mass is 19.1. The van der Waals surface area contributed by atoms with Gasteiger partial charge in [-0.2, -0.15) is 5.10 Å². The van der Waals surface area contributed by atoms with Crippen molar-refractivity contribution in [2.75, 3.05) is 5.73 Å². The van der Waals surface area contributed by atoms with Gasteiger partial charge in [0.15, 0.2) is 6.29 Å². The Hall–Kier alpha value is -2.17. The largest absolute Gasteiger partial charge is 0.384 e. The molecular formula is C12H12FN3O. The van der Waals surface area contributed by atoms with Gasteiger partial charge in [-0.25, -0.2) is 4.39 Å². The zero-order valence-electron chi connectivity index (χ0n) is 9.57. The highest BCUT2D eigenvalue weighted by Gasteiger charge is 2.12. The first-order valence-corrected chi connectivity index (χ1v) is 5.08. The number of nitrogens with zero attached hydrogens (tertiary/aromatic N) is 2. The molecule has 88 valence electrons. The van der Waals surface area contributed by atoms with Crippen molar-refractivity contribution >= 4 is 12.1 Å². The smallest absolute Gasteiger partial charge is 0.150 e. The van der Waals surface area contributed by atoms with Gasteiger partial charge >= 0.3 is 0 Å². The van der Waals surface area contributed by atoms with Crippen LogP contribution in [0.1, 0.15) is 15.9 Å². The van der Waals surface area contributed by atoms with Gasteiger partial charge in [0, 0.05) is 24.2 Å². The summed E-state index contributed by atoms with van der Waals surface area (Å²) in [5.41, 5.74) is 7.57. The van der Waals surface area contributed by atoms with Crippen LogP contribution in [0.5, 0.6) is 0 Å². The number of nitrogen functional groups attached to an aromatic ring is 1. The number of benzene rings is 1. The summed E-state index contributed by atoms with van der Waals surface area (Å²) in [6.45, 7) is 1.64. The molecule has 0 aliphatic heterocycles. The van der Waals surface area contributed by atoms with Crippen LogP contribution in [0.3, 0.4) is 0 Å². The predicted molar refractivity (Wildman–Crippen MR) is 63.1 cm³/mol. The third-order valence-corrected chi connectivity index (χ3v) is 2.65. The number of carbonyl (C=O) groups excluding carboxylic acids is 1. The van der Waals surface area contributed by atoms with E-state index in [-0.39, 0.29) is 5.56 Å². The van der Waals surface area contributed by atoms with Crippen molar-refractivity contribution in [3.8, 4) is 11.3 Å². The van der Waals surface area contributed by atoms with Crippen molar-refractivity contribution < 1.29 is 9.18 Å². The van der Waals surface area contributed by atoms with E-state index < -0.39 is 5.82 Å². The molecular weight excluding hydrogens is 221 g/mol. The molecule has 2 aromatic rings. The molecule has 0 saturated carbocycles. The van der Waals surface area contributed by atoms with Gasteiger partial charge in [-0.3, -0.25) is 9.48 Å². The highest BCUT2D eigenvalue weighted by molar-refractivity contribution is 5.87. The molecule has 0 saturated heterocycles. The van der Waals surface area contributed by atoms with Crippen LogP contribution in [-0.2, 0) is 7.05 Å². The minimum Gasteiger partial charge on any atom is -0.384 e. The summed E-state index contributed by atoms with van der Waals surface area (Å²) in [7, 11) is 1.70. The van der Waals surface area contributed by atoms with Gasteiger partial charge in [0.25, 0.3) is 0 Å². The monoisotopic (exact) mass is 233 g/mol. The van der Waals surface area contributed by atoms with Crippen LogP contribution in [0.15, 0.2) is 18.2 Å². The lowest BCUT2D eigenvalue weighted by atomic mass is 10.0. The van der Waals surface area contributed by atoms with Crippen LogP contribution in [-0.4, -0.2) is 16.1 Å². The maximum absolute atomic E-state index is 13.3. The average Bonchev–Trinajstić information content (AvgIpc) is 2.62. The van der Waals surface area contributed by atoms with Crippen LogP contribution >= 0.6 is 0 Å². The Bertz CT molecular complexity index is 570. The molecule has 1 aromatic carbocycles. The van der Waals surface area contributed by atoms with E-state index in [4.69, 9.17) is 5.73 Å². The molecule has 2 N–H and O–H groups in total. The topological polar surface area (TPSA) is 60.9 Å². The zero-order chi connectivity index (χ0) is 12.6. The SMILES string of the molecule is Cc1cc(-c2cc(N)n(C)n2)c(C=O)cc1F. The van der Waals surface area contributed by atoms with Gasteiger partial charge in [-0.05, 0) is 24.6 Å². The molecule has 0 radical (unpaired) electrons. The molecule has 0 spiro atoms. The summed E-state index contributed by atoms with van der Waals surface area (Å²) in [5, 5.41) is 4.17. The first kappa shape index (κ1) is 11.3. The highest BCUT2D eigenvalue weighted by Crippen LogP contribution is 2.25. The molecule has 4 nitrogen and oxygen atoms in total. The molecule has 17 heavy (non-hydrogen) atoms. The number of hydrogen-bond acceptors (Lipinski definition) is 3. The number of carbonyl (C=O) groups is 1. The molecule has 0 fully saturated rings. The maximum Gasteiger partial charge on any atom is 0.150 e. The minimum atomic E-state index is -0.403. The first-order chi connectivity index (χ1) is 8.02. The number of hydrogen-bond donors (Lipinski definition) is 1. The normalized spacial score (nSPS) is 10.5. The first-order valence-electron chi connectivity index (χ1n) is 5.08. The quantitative estimate of drug-likeness (QED) is 0.806. The van der Waals surface area contributed by atoms with E-state index in [1.54, 1.807) is 26.1 Å². The third kappa shape index (κ3) is 1.91. The summed E-state index contributed by atoms with van der Waals surface area (Å²) in [6.07, 6.45) is 0.614. The molecule has 0 bridgehead atoms. The molecule has 5 heteroatoms. The van der Waals surface area contributed by atoms with Crippen molar-refractivity contribution in [3.05, 3.63) is 35.1 Å². The molecule has 0 aliphatic carbocycles. The maximum atomic E-state index is 13.3. The predicted octanol–water partition coefficient (Wildman–Crippen LogP) is 1.93. The second kappa shape index (κ2) is 4.01. The molecule has 1 aromatic heterocycles. The Morgan fingerprint density at radius 2 is 2.12 bits per heavy atom. The van der Waals surface area contributed by atoms with Crippen molar-refractivity contribution in [3.63, 3.8) is 0 Å². The van der Waals surface area contributed by atoms with Crippen molar-refractivity contribution in [2.45, 2.75) is 6.92 Å². The van der Waals surface area contributed by atoms with Gasteiger partial charge in [-0.15, -0.1) is 0 Å². The summed E-state index contributed by atoms with van der Waals surface area (Å²) in [5.74, 6) is 0.0820. The van der Waals surface area contributed by atoms with E-state index in [0.29, 0.717) is 28.9 Å². The van der Waals surface area contributed by atoms with Crippen LogP contribution in [0.2, 0.25) is 0 Å². The molecule has 0 atom stereocenters. The second-order valence-corrected chi connectivity index (χ2v) is 3.88. The van der Waals surface area contributed by atoms with Gasteiger partial charge in [-0.1, -0.05) is 0 Å². The summed E-state index contributed by atoms with van der Waals surface area (Å²) >= 11 is 0. The van der Waals surface area contributed by atoms with Gasteiger partial charge in [0.1, 0.15) is 11.6 Å². The fourth-order valence-corrected chi connectivity index (χ4v) is 1.63. The van der Waals surface area contributed by atoms with Crippen LogP contribution in [0, 0.1) is 12.7 Å². The fraction of sp³-hybridized carbons (Fsp3) is 0.167. The van der Waals surface area contributed by atoms with Crippen molar-refractivity contribution in [1.29, 1.82) is 0 Å². The Morgan fingerprint density at radius 3 is 2.65 bits per heavy atom. The van der Waals surface area contributed by atoms with E-state index in [0.717, 1.165) is 0 Å². The van der Waals surface area contributed by atoms with E-state index in [2.05, 4.69) is 5.10 Å². The Morgan fingerprint density at radius 1 is 1.41 bits per heavy atom. The number of aromatic nitrogens is 2. The minimum absolute atomic E-state index is 0.270. The molecule has 1 heterocycles. The number of anilines is 1. The zero-order valence-corrected chi connectivity index (χ0v) is 9.57. The number of rotatable bonds is 2. The standard InChI is InChI=1S/C12H12FN3O/c1-7-3-9(8(6-17)4-10(7)13)11-5-12(14)16(2)15-11/h3-6H,14H2,1-2H3. The van der Waals surface area contributed by atoms with Crippen LogP contribution in [0.25, 0.3) is 11.3 Å². The lowest BCUT2D eigenvalue weighted by Gasteiger charge is -2.04. The average molecular weight is 233 g/mol. The Balaban J connectivity index is 2.65. The van der Waals surface area contributed by atoms with E-state index in [1.165, 1.54) is 10.7 Å². The molecule has 0 aliphatic rings. The van der Waals surface area contributed by atoms with E-state index in [9.17, 15) is 9.18 Å². The number of nitrogens with two attached hydrogens (primary N) is 1. The summed E-state index contributed by atoms with van der Waals surface area (Å²) in [6, 6.07) is 4.46. The third-order valence-electron chi connectivity index (χ3n) is 2.65. The van der Waals surface area contributed by atoms with Crippen molar-refractivity contribution in [1.82, 2.24) is 9.78 Å². The fourth-order valence-electron chi connectivity index (χ4n) is 1.63. The number of aryl methyl sites for hydroxylation is 2. The van der Waals surface area contributed by atoms with Gasteiger partial charge in [0.05, 0.1) is 5.69 Å².